The van der Waals surface area contributed by atoms with E-state index in [1.165, 1.54) is 0 Å². The van der Waals surface area contributed by atoms with Crippen LogP contribution in [0.4, 0.5) is 11.5 Å². The van der Waals surface area contributed by atoms with E-state index < -0.39 is 5.97 Å². The molecule has 0 amide bonds. The molecular formula is C14H23N3O3. The fourth-order valence-corrected chi connectivity index (χ4v) is 1.82. The van der Waals surface area contributed by atoms with Crippen molar-refractivity contribution in [3.8, 4) is 0 Å². The molecule has 1 heterocycles. The van der Waals surface area contributed by atoms with Crippen molar-refractivity contribution in [2.75, 3.05) is 43.5 Å². The lowest BCUT2D eigenvalue weighted by molar-refractivity contribution is 0.0526. The first-order valence-electron chi connectivity index (χ1n) is 6.89. The van der Waals surface area contributed by atoms with Gasteiger partial charge in [-0.3, -0.25) is 0 Å². The van der Waals surface area contributed by atoms with Crippen LogP contribution >= 0.6 is 0 Å². The lowest BCUT2D eigenvalue weighted by atomic mass is 10.2. The van der Waals surface area contributed by atoms with Gasteiger partial charge in [-0.25, -0.2) is 9.78 Å². The minimum absolute atomic E-state index is 0.318. The van der Waals surface area contributed by atoms with E-state index in [0.29, 0.717) is 43.4 Å². The van der Waals surface area contributed by atoms with E-state index in [0.717, 1.165) is 6.54 Å². The number of pyridine rings is 1. The fraction of sp³-hybridized carbons (Fsp3) is 0.571. The van der Waals surface area contributed by atoms with Crippen LogP contribution in [-0.4, -0.2) is 43.9 Å². The van der Waals surface area contributed by atoms with Gasteiger partial charge in [0, 0.05) is 19.7 Å². The van der Waals surface area contributed by atoms with Crippen LogP contribution in [0.15, 0.2) is 12.3 Å². The van der Waals surface area contributed by atoms with Crippen LogP contribution in [0.5, 0.6) is 0 Å². The highest BCUT2D eigenvalue weighted by molar-refractivity contribution is 5.95. The molecule has 1 aromatic heterocycles. The van der Waals surface area contributed by atoms with E-state index in [4.69, 9.17) is 15.2 Å². The molecule has 6 nitrogen and oxygen atoms in total. The molecule has 20 heavy (non-hydrogen) atoms. The van der Waals surface area contributed by atoms with E-state index in [1.54, 1.807) is 19.2 Å². The number of hydrogen-bond donors (Lipinski definition) is 1. The van der Waals surface area contributed by atoms with E-state index in [1.807, 2.05) is 18.7 Å². The van der Waals surface area contributed by atoms with Crippen molar-refractivity contribution < 1.29 is 14.3 Å². The molecule has 0 aliphatic rings. The van der Waals surface area contributed by atoms with Gasteiger partial charge in [-0.1, -0.05) is 0 Å². The number of nitrogens with zero attached hydrogens (tertiary/aromatic N) is 2. The Balaban J connectivity index is 2.98. The minimum atomic E-state index is -0.405. The third-order valence-electron chi connectivity index (χ3n) is 2.77. The summed E-state index contributed by atoms with van der Waals surface area (Å²) in [5, 5.41) is 0. The Morgan fingerprint density at radius 2 is 2.10 bits per heavy atom. The number of ether oxygens (including phenoxy) is 2. The molecule has 0 aliphatic carbocycles. The van der Waals surface area contributed by atoms with Crippen molar-refractivity contribution in [1.82, 2.24) is 4.98 Å². The molecule has 0 saturated carbocycles. The summed E-state index contributed by atoms with van der Waals surface area (Å²) >= 11 is 0. The van der Waals surface area contributed by atoms with Gasteiger partial charge in [0.15, 0.2) is 0 Å². The molecule has 6 heteroatoms. The predicted octanol–water partition coefficient (Wildman–Crippen LogP) is 1.70. The normalized spacial score (nSPS) is 10.3. The van der Waals surface area contributed by atoms with Crippen LogP contribution in [0.2, 0.25) is 0 Å². The summed E-state index contributed by atoms with van der Waals surface area (Å²) in [5.74, 6) is 0.178. The smallest absolute Gasteiger partial charge is 0.341 e. The standard InChI is InChI=1S/C14H23N3O3/c1-4-17(7-8-19-5-2)13-12(14(18)20-6-3)9-11(15)10-16-13/h9-10H,4-8,15H2,1-3H3. The maximum Gasteiger partial charge on any atom is 0.341 e. The summed E-state index contributed by atoms with van der Waals surface area (Å²) in [5.41, 5.74) is 6.55. The van der Waals surface area contributed by atoms with Crippen molar-refractivity contribution in [3.63, 3.8) is 0 Å². The molecule has 0 atom stereocenters. The monoisotopic (exact) mass is 281 g/mol. The van der Waals surface area contributed by atoms with Gasteiger partial charge < -0.3 is 20.1 Å². The summed E-state index contributed by atoms with van der Waals surface area (Å²) in [6, 6.07) is 1.60. The molecule has 0 radical (unpaired) electrons. The summed E-state index contributed by atoms with van der Waals surface area (Å²) in [6.45, 7) is 8.66. The van der Waals surface area contributed by atoms with Gasteiger partial charge >= 0.3 is 5.97 Å². The first kappa shape index (κ1) is 16.2. The van der Waals surface area contributed by atoms with Crippen molar-refractivity contribution >= 4 is 17.5 Å². The molecule has 1 rings (SSSR count). The lowest BCUT2D eigenvalue weighted by Gasteiger charge is -2.23. The first-order chi connectivity index (χ1) is 9.63. The fourth-order valence-electron chi connectivity index (χ4n) is 1.82. The number of anilines is 2. The Kier molecular flexibility index (Phi) is 6.79. The first-order valence-corrected chi connectivity index (χ1v) is 6.89. The second kappa shape index (κ2) is 8.37. The molecule has 0 spiro atoms. The van der Waals surface area contributed by atoms with Crippen LogP contribution in [0.3, 0.4) is 0 Å². The SMILES string of the molecule is CCOCCN(CC)c1ncc(N)cc1C(=O)OCC. The van der Waals surface area contributed by atoms with Gasteiger partial charge in [0.1, 0.15) is 11.4 Å². The highest BCUT2D eigenvalue weighted by atomic mass is 16.5. The van der Waals surface area contributed by atoms with Gasteiger partial charge in [-0.05, 0) is 26.8 Å². The van der Waals surface area contributed by atoms with Crippen LogP contribution in [0.25, 0.3) is 0 Å². The molecule has 0 aromatic carbocycles. The van der Waals surface area contributed by atoms with Gasteiger partial charge in [-0.15, -0.1) is 0 Å². The van der Waals surface area contributed by atoms with Crippen molar-refractivity contribution in [1.29, 1.82) is 0 Å². The zero-order chi connectivity index (χ0) is 15.0. The Morgan fingerprint density at radius 3 is 2.70 bits per heavy atom. The number of carbonyl (C=O) groups excluding carboxylic acids is 1. The van der Waals surface area contributed by atoms with E-state index in [9.17, 15) is 4.79 Å². The average molecular weight is 281 g/mol. The third kappa shape index (κ3) is 4.38. The lowest BCUT2D eigenvalue weighted by Crippen LogP contribution is -2.30. The maximum absolute atomic E-state index is 12.0. The molecule has 0 unspecified atom stereocenters. The summed E-state index contributed by atoms with van der Waals surface area (Å²) < 4.78 is 10.4. The van der Waals surface area contributed by atoms with Crippen LogP contribution < -0.4 is 10.6 Å². The molecule has 2 N–H and O–H groups in total. The summed E-state index contributed by atoms with van der Waals surface area (Å²) in [6.07, 6.45) is 1.54. The van der Waals surface area contributed by atoms with Gasteiger partial charge in [0.2, 0.25) is 0 Å². The Morgan fingerprint density at radius 1 is 1.35 bits per heavy atom. The van der Waals surface area contributed by atoms with E-state index in [2.05, 4.69) is 4.98 Å². The number of esters is 1. The van der Waals surface area contributed by atoms with Gasteiger partial charge in [0.25, 0.3) is 0 Å². The topological polar surface area (TPSA) is 77.7 Å². The molecule has 0 saturated heterocycles. The van der Waals surface area contributed by atoms with E-state index >= 15 is 0 Å². The number of likely N-dealkylation sites (N-methyl/N-ethyl adjacent to an activating group) is 1. The summed E-state index contributed by atoms with van der Waals surface area (Å²) in [4.78, 5) is 18.2. The second-order valence-corrected chi connectivity index (χ2v) is 4.14. The quantitative estimate of drug-likeness (QED) is 0.577. The van der Waals surface area contributed by atoms with Crippen LogP contribution in [-0.2, 0) is 9.47 Å². The second-order valence-electron chi connectivity index (χ2n) is 4.14. The molecule has 0 fully saturated rings. The molecule has 1 aromatic rings. The zero-order valence-corrected chi connectivity index (χ0v) is 12.4. The number of nitrogen functional groups attached to an aromatic ring is 1. The molecular weight excluding hydrogens is 258 g/mol. The minimum Gasteiger partial charge on any atom is -0.462 e. The number of rotatable bonds is 8. The Hall–Kier alpha value is -1.82. The Bertz CT molecular complexity index is 438. The largest absolute Gasteiger partial charge is 0.462 e. The van der Waals surface area contributed by atoms with Crippen molar-refractivity contribution in [2.45, 2.75) is 20.8 Å². The zero-order valence-electron chi connectivity index (χ0n) is 12.4. The maximum atomic E-state index is 12.0. The highest BCUT2D eigenvalue weighted by Gasteiger charge is 2.18. The third-order valence-corrected chi connectivity index (χ3v) is 2.77. The van der Waals surface area contributed by atoms with Gasteiger partial charge in [0.05, 0.1) is 25.1 Å². The average Bonchev–Trinajstić information content (AvgIpc) is 2.44. The summed E-state index contributed by atoms with van der Waals surface area (Å²) in [7, 11) is 0. The molecule has 0 aliphatic heterocycles. The number of hydrogen-bond acceptors (Lipinski definition) is 6. The van der Waals surface area contributed by atoms with E-state index in [-0.39, 0.29) is 0 Å². The Labute approximate surface area is 119 Å². The number of carbonyl (C=O) groups is 1. The van der Waals surface area contributed by atoms with Crippen LogP contribution in [0, 0.1) is 0 Å². The van der Waals surface area contributed by atoms with Crippen molar-refractivity contribution in [2.24, 2.45) is 0 Å². The number of aromatic nitrogens is 1. The molecule has 112 valence electrons. The molecule has 0 bridgehead atoms. The number of nitrogens with two attached hydrogens (primary N) is 1. The highest BCUT2D eigenvalue weighted by Crippen LogP contribution is 2.21. The van der Waals surface area contributed by atoms with Crippen LogP contribution in [0.1, 0.15) is 31.1 Å². The van der Waals surface area contributed by atoms with Gasteiger partial charge in [-0.2, -0.15) is 0 Å². The predicted molar refractivity (Wildman–Crippen MR) is 79.0 cm³/mol. The van der Waals surface area contributed by atoms with Crippen molar-refractivity contribution in [3.05, 3.63) is 17.8 Å².